The molecule has 17 heavy (non-hydrogen) atoms. The maximum Gasteiger partial charge on any atom is 0.338 e. The van der Waals surface area contributed by atoms with Crippen LogP contribution in [-0.2, 0) is 9.47 Å². The number of ether oxygens (including phenoxy) is 2. The number of benzene rings is 1. The van der Waals surface area contributed by atoms with Crippen LogP contribution in [0.25, 0.3) is 0 Å². The number of hydrogen-bond acceptors (Lipinski definition) is 3. The summed E-state index contributed by atoms with van der Waals surface area (Å²) in [7, 11) is 0. The smallest absolute Gasteiger partial charge is 0.338 e. The Kier molecular flexibility index (Phi) is 4.26. The van der Waals surface area contributed by atoms with Gasteiger partial charge in [-0.15, -0.1) is 0 Å². The van der Waals surface area contributed by atoms with E-state index in [1.54, 1.807) is 6.07 Å². The molecule has 1 aliphatic heterocycles. The molecule has 1 heterocycles. The van der Waals surface area contributed by atoms with E-state index in [4.69, 9.17) is 32.7 Å². The molecule has 0 aliphatic carbocycles. The third-order valence-corrected chi connectivity index (χ3v) is 2.96. The van der Waals surface area contributed by atoms with Gasteiger partial charge in [0.25, 0.3) is 0 Å². The Labute approximate surface area is 110 Å². The number of rotatable bonds is 3. The van der Waals surface area contributed by atoms with Gasteiger partial charge >= 0.3 is 5.97 Å². The van der Waals surface area contributed by atoms with Crippen molar-refractivity contribution in [3.63, 3.8) is 0 Å². The molecular formula is C12H12Cl2O3. The van der Waals surface area contributed by atoms with Crippen molar-refractivity contribution in [2.75, 3.05) is 13.2 Å². The van der Waals surface area contributed by atoms with Crippen LogP contribution in [0.1, 0.15) is 23.2 Å². The molecule has 0 bridgehead atoms. The van der Waals surface area contributed by atoms with Crippen molar-refractivity contribution in [1.82, 2.24) is 0 Å². The third kappa shape index (κ3) is 3.60. The van der Waals surface area contributed by atoms with Crippen LogP contribution in [0.3, 0.4) is 0 Å². The van der Waals surface area contributed by atoms with Gasteiger partial charge in [0.15, 0.2) is 0 Å². The Bertz CT molecular complexity index is 394. The van der Waals surface area contributed by atoms with Crippen LogP contribution in [0.15, 0.2) is 18.2 Å². The maximum atomic E-state index is 11.7. The number of carbonyl (C=O) groups excluding carboxylic acids is 1. The van der Waals surface area contributed by atoms with Crippen molar-refractivity contribution in [3.05, 3.63) is 33.8 Å². The molecule has 0 amide bonds. The monoisotopic (exact) mass is 274 g/mol. The molecule has 1 saturated heterocycles. The predicted molar refractivity (Wildman–Crippen MR) is 65.7 cm³/mol. The predicted octanol–water partition coefficient (Wildman–Crippen LogP) is 3.33. The summed E-state index contributed by atoms with van der Waals surface area (Å²) in [5, 5.41) is 0.836. The minimum Gasteiger partial charge on any atom is -0.459 e. The van der Waals surface area contributed by atoms with Gasteiger partial charge in [0.2, 0.25) is 0 Å². The molecular weight excluding hydrogens is 263 g/mol. The van der Waals surface area contributed by atoms with Gasteiger partial charge in [-0.05, 0) is 31.0 Å². The van der Waals surface area contributed by atoms with Crippen LogP contribution < -0.4 is 0 Å². The maximum absolute atomic E-state index is 11.7. The molecule has 1 atom stereocenters. The van der Waals surface area contributed by atoms with Crippen LogP contribution in [0.4, 0.5) is 0 Å². The average molecular weight is 275 g/mol. The molecule has 5 heteroatoms. The van der Waals surface area contributed by atoms with Gasteiger partial charge in [-0.1, -0.05) is 23.2 Å². The van der Waals surface area contributed by atoms with E-state index in [0.717, 1.165) is 19.4 Å². The zero-order valence-corrected chi connectivity index (χ0v) is 10.6. The lowest BCUT2D eigenvalue weighted by atomic mass is 10.2. The Morgan fingerprint density at radius 2 is 2.06 bits per heavy atom. The average Bonchev–Trinajstić information content (AvgIpc) is 2.77. The molecule has 0 N–H and O–H groups in total. The lowest BCUT2D eigenvalue weighted by Gasteiger charge is -2.10. The molecule has 1 unspecified atom stereocenters. The summed E-state index contributed by atoms with van der Waals surface area (Å²) in [4.78, 5) is 11.7. The number of carbonyl (C=O) groups is 1. The van der Waals surface area contributed by atoms with Gasteiger partial charge in [0.1, 0.15) is 6.61 Å². The second-order valence-corrected chi connectivity index (χ2v) is 4.76. The topological polar surface area (TPSA) is 35.5 Å². The fourth-order valence-electron chi connectivity index (χ4n) is 1.70. The van der Waals surface area contributed by atoms with Crippen molar-refractivity contribution < 1.29 is 14.3 Å². The first-order valence-corrected chi connectivity index (χ1v) is 6.15. The Morgan fingerprint density at radius 3 is 2.65 bits per heavy atom. The molecule has 92 valence electrons. The standard InChI is InChI=1S/C12H12Cl2O3/c13-9-4-8(5-10(14)6-9)12(15)17-7-11-2-1-3-16-11/h4-6,11H,1-3,7H2. The van der Waals surface area contributed by atoms with Gasteiger partial charge in [-0.25, -0.2) is 4.79 Å². The number of hydrogen-bond donors (Lipinski definition) is 0. The van der Waals surface area contributed by atoms with Crippen LogP contribution >= 0.6 is 23.2 Å². The van der Waals surface area contributed by atoms with Crippen molar-refractivity contribution >= 4 is 29.2 Å². The van der Waals surface area contributed by atoms with E-state index in [-0.39, 0.29) is 12.7 Å². The molecule has 1 aliphatic rings. The summed E-state index contributed by atoms with van der Waals surface area (Å²) >= 11 is 11.6. The minimum atomic E-state index is -0.426. The second-order valence-electron chi connectivity index (χ2n) is 3.89. The Hall–Kier alpha value is -0.770. The van der Waals surface area contributed by atoms with Crippen LogP contribution in [0.5, 0.6) is 0 Å². The van der Waals surface area contributed by atoms with Gasteiger partial charge in [0, 0.05) is 16.7 Å². The molecule has 3 nitrogen and oxygen atoms in total. The molecule has 2 rings (SSSR count). The van der Waals surface area contributed by atoms with Crippen LogP contribution in [-0.4, -0.2) is 25.3 Å². The zero-order valence-electron chi connectivity index (χ0n) is 9.12. The lowest BCUT2D eigenvalue weighted by Crippen LogP contribution is -2.17. The fraction of sp³-hybridized carbons (Fsp3) is 0.417. The summed E-state index contributed by atoms with van der Waals surface area (Å²) in [6, 6.07) is 4.64. The molecule has 1 fully saturated rings. The highest BCUT2D eigenvalue weighted by Gasteiger charge is 2.18. The molecule has 0 saturated carbocycles. The van der Waals surface area contributed by atoms with E-state index in [1.165, 1.54) is 12.1 Å². The molecule has 0 radical (unpaired) electrons. The normalized spacial score (nSPS) is 19.3. The highest BCUT2D eigenvalue weighted by Crippen LogP contribution is 2.20. The first-order valence-electron chi connectivity index (χ1n) is 5.40. The summed E-state index contributed by atoms with van der Waals surface area (Å²) in [6.07, 6.45) is 1.98. The van der Waals surface area contributed by atoms with E-state index in [2.05, 4.69) is 0 Å². The van der Waals surface area contributed by atoms with Gasteiger partial charge in [-0.3, -0.25) is 0 Å². The van der Waals surface area contributed by atoms with Crippen LogP contribution in [0.2, 0.25) is 10.0 Å². The van der Waals surface area contributed by atoms with E-state index >= 15 is 0 Å². The molecule has 1 aromatic carbocycles. The van der Waals surface area contributed by atoms with Gasteiger partial charge in [-0.2, -0.15) is 0 Å². The summed E-state index contributed by atoms with van der Waals surface area (Å²) in [6.45, 7) is 1.02. The third-order valence-electron chi connectivity index (χ3n) is 2.52. The van der Waals surface area contributed by atoms with Crippen molar-refractivity contribution in [1.29, 1.82) is 0 Å². The SMILES string of the molecule is O=C(OCC1CCCO1)c1cc(Cl)cc(Cl)c1. The quantitative estimate of drug-likeness (QED) is 0.794. The molecule has 0 spiro atoms. The summed E-state index contributed by atoms with van der Waals surface area (Å²) in [5.74, 6) is -0.426. The summed E-state index contributed by atoms with van der Waals surface area (Å²) < 4.78 is 10.5. The fourth-order valence-corrected chi connectivity index (χ4v) is 2.23. The van der Waals surface area contributed by atoms with E-state index in [9.17, 15) is 4.79 Å². The zero-order chi connectivity index (χ0) is 12.3. The Morgan fingerprint density at radius 1 is 1.35 bits per heavy atom. The molecule has 0 aromatic heterocycles. The largest absolute Gasteiger partial charge is 0.459 e. The Balaban J connectivity index is 1.94. The summed E-state index contributed by atoms with van der Waals surface area (Å²) in [5.41, 5.74) is 0.362. The lowest BCUT2D eigenvalue weighted by molar-refractivity contribution is 0.0161. The van der Waals surface area contributed by atoms with Gasteiger partial charge < -0.3 is 9.47 Å². The van der Waals surface area contributed by atoms with E-state index in [0.29, 0.717) is 15.6 Å². The van der Waals surface area contributed by atoms with Gasteiger partial charge in [0.05, 0.1) is 11.7 Å². The number of halogens is 2. The van der Waals surface area contributed by atoms with Crippen molar-refractivity contribution in [3.8, 4) is 0 Å². The van der Waals surface area contributed by atoms with Crippen molar-refractivity contribution in [2.45, 2.75) is 18.9 Å². The molecule has 1 aromatic rings. The highest BCUT2D eigenvalue weighted by molar-refractivity contribution is 6.35. The minimum absolute atomic E-state index is 0.0219. The highest BCUT2D eigenvalue weighted by atomic mass is 35.5. The number of esters is 1. The van der Waals surface area contributed by atoms with E-state index in [1.807, 2.05) is 0 Å². The first kappa shape index (κ1) is 12.7. The van der Waals surface area contributed by atoms with Crippen LogP contribution in [0, 0.1) is 0 Å². The van der Waals surface area contributed by atoms with Crippen molar-refractivity contribution in [2.24, 2.45) is 0 Å². The van der Waals surface area contributed by atoms with E-state index < -0.39 is 5.97 Å². The first-order chi connectivity index (χ1) is 8.15. The second kappa shape index (κ2) is 5.71.